The first-order valence-electron chi connectivity index (χ1n) is 7.18. The fourth-order valence-corrected chi connectivity index (χ4v) is 3.58. The highest BCUT2D eigenvalue weighted by Gasteiger charge is 2.22. The summed E-state index contributed by atoms with van der Waals surface area (Å²) >= 11 is 6.06. The predicted molar refractivity (Wildman–Crippen MR) is 94.4 cm³/mol. The third-order valence-corrected chi connectivity index (χ3v) is 5.15. The van der Waals surface area contributed by atoms with Gasteiger partial charge in [0.25, 0.3) is 0 Å². The summed E-state index contributed by atoms with van der Waals surface area (Å²) in [6.07, 6.45) is 0. The molecule has 2 rings (SSSR count). The summed E-state index contributed by atoms with van der Waals surface area (Å²) in [5.41, 5.74) is 0.971. The summed E-state index contributed by atoms with van der Waals surface area (Å²) in [6.45, 7) is 0.112. The molecule has 7 nitrogen and oxygen atoms in total. The van der Waals surface area contributed by atoms with Crippen LogP contribution >= 0.6 is 11.6 Å². The van der Waals surface area contributed by atoms with Gasteiger partial charge >= 0.3 is 5.97 Å². The number of nitrogens with one attached hydrogen (secondary N) is 2. The average molecular weight is 385 g/mol. The van der Waals surface area contributed by atoms with E-state index in [1.165, 1.54) is 13.2 Å². The van der Waals surface area contributed by atoms with Gasteiger partial charge in [0.2, 0.25) is 10.0 Å². The number of aromatic carboxylic acids is 1. The summed E-state index contributed by atoms with van der Waals surface area (Å²) in [5, 5.41) is 12.3. The second kappa shape index (κ2) is 8.30. The summed E-state index contributed by atoms with van der Waals surface area (Å²) in [7, 11) is -2.67. The number of halogens is 1. The summed E-state index contributed by atoms with van der Waals surface area (Å²) < 4.78 is 31.2. The Morgan fingerprint density at radius 2 is 1.92 bits per heavy atom. The fraction of sp³-hybridized carbons (Fsp3) is 0.188. The SMILES string of the molecule is COCNS(=O)(=O)c1cc(C(=O)O)c(NCc2ccccc2)cc1Cl. The zero-order valence-electron chi connectivity index (χ0n) is 13.3. The molecule has 0 radical (unpaired) electrons. The minimum atomic E-state index is -3.99. The van der Waals surface area contributed by atoms with Crippen LogP contribution in [0.3, 0.4) is 0 Å². The van der Waals surface area contributed by atoms with Gasteiger partial charge in [-0.15, -0.1) is 0 Å². The quantitative estimate of drug-likeness (QED) is 0.604. The first-order valence-corrected chi connectivity index (χ1v) is 9.04. The number of ether oxygens (including phenoxy) is 1. The lowest BCUT2D eigenvalue weighted by Crippen LogP contribution is -2.26. The molecule has 0 aliphatic carbocycles. The number of anilines is 1. The molecule has 0 bridgehead atoms. The maximum absolute atomic E-state index is 12.2. The number of benzene rings is 2. The molecule has 0 heterocycles. The van der Waals surface area contributed by atoms with Crippen LogP contribution in [0.1, 0.15) is 15.9 Å². The van der Waals surface area contributed by atoms with E-state index < -0.39 is 16.0 Å². The van der Waals surface area contributed by atoms with E-state index in [0.29, 0.717) is 6.54 Å². The van der Waals surface area contributed by atoms with Crippen molar-refractivity contribution in [2.45, 2.75) is 11.4 Å². The predicted octanol–water partition coefficient (Wildman–Crippen LogP) is 2.53. The van der Waals surface area contributed by atoms with Crippen molar-refractivity contribution in [2.75, 3.05) is 19.2 Å². The molecule has 2 aromatic carbocycles. The zero-order valence-corrected chi connectivity index (χ0v) is 14.9. The molecule has 0 unspecified atom stereocenters. The Hall–Kier alpha value is -2.13. The van der Waals surface area contributed by atoms with E-state index in [0.717, 1.165) is 11.6 Å². The van der Waals surface area contributed by atoms with E-state index in [9.17, 15) is 18.3 Å². The number of carbonyl (C=O) groups is 1. The molecule has 25 heavy (non-hydrogen) atoms. The highest BCUT2D eigenvalue weighted by Crippen LogP contribution is 2.29. The van der Waals surface area contributed by atoms with Gasteiger partial charge < -0.3 is 15.2 Å². The van der Waals surface area contributed by atoms with Crippen LogP contribution in [-0.4, -0.2) is 33.3 Å². The monoisotopic (exact) mass is 384 g/mol. The number of hydrogen-bond acceptors (Lipinski definition) is 5. The Labute approximate surface area is 150 Å². The number of sulfonamides is 1. The van der Waals surface area contributed by atoms with Crippen molar-refractivity contribution >= 4 is 33.3 Å². The van der Waals surface area contributed by atoms with Crippen molar-refractivity contribution in [3.05, 3.63) is 58.6 Å². The molecule has 0 aliphatic heterocycles. The van der Waals surface area contributed by atoms with Crippen molar-refractivity contribution in [1.82, 2.24) is 4.72 Å². The Balaban J connectivity index is 2.35. The summed E-state index contributed by atoms with van der Waals surface area (Å²) in [5.74, 6) is -1.27. The standard InChI is InChI=1S/C16H17ClN2O5S/c1-24-10-19-25(22,23)15-7-12(16(20)21)14(8-13(15)17)18-9-11-5-3-2-4-6-11/h2-8,18-19H,9-10H2,1H3,(H,20,21). The van der Waals surface area contributed by atoms with Crippen LogP contribution in [0.5, 0.6) is 0 Å². The number of carboxylic acid groups (broad SMARTS) is 1. The molecule has 0 atom stereocenters. The molecular formula is C16H17ClN2O5S. The van der Waals surface area contributed by atoms with Gasteiger partial charge in [-0.3, -0.25) is 0 Å². The van der Waals surface area contributed by atoms with Crippen molar-refractivity contribution in [3.8, 4) is 0 Å². The van der Waals surface area contributed by atoms with Gasteiger partial charge in [-0.05, 0) is 17.7 Å². The molecule has 0 aromatic heterocycles. The van der Waals surface area contributed by atoms with E-state index in [1.54, 1.807) is 0 Å². The van der Waals surface area contributed by atoms with Gasteiger partial charge in [-0.1, -0.05) is 41.9 Å². The van der Waals surface area contributed by atoms with Gasteiger partial charge in [0.05, 0.1) is 16.3 Å². The largest absolute Gasteiger partial charge is 0.478 e. The molecule has 9 heteroatoms. The number of rotatable bonds is 8. The second-order valence-corrected chi connectivity index (χ2v) is 7.20. The highest BCUT2D eigenvalue weighted by atomic mass is 35.5. The Kier molecular flexibility index (Phi) is 6.38. The fourth-order valence-electron chi connectivity index (χ4n) is 2.09. The van der Waals surface area contributed by atoms with Gasteiger partial charge in [-0.25, -0.2) is 13.2 Å². The Morgan fingerprint density at radius 1 is 1.24 bits per heavy atom. The summed E-state index contributed by atoms with van der Waals surface area (Å²) in [6, 6.07) is 11.7. The summed E-state index contributed by atoms with van der Waals surface area (Å²) in [4.78, 5) is 11.2. The minimum absolute atomic E-state index is 0.0934. The van der Waals surface area contributed by atoms with Crippen molar-refractivity contribution in [1.29, 1.82) is 0 Å². The van der Waals surface area contributed by atoms with Crippen molar-refractivity contribution in [2.24, 2.45) is 0 Å². The number of methoxy groups -OCH3 is 1. The molecular weight excluding hydrogens is 368 g/mol. The van der Waals surface area contributed by atoms with Gasteiger partial charge in [0, 0.05) is 13.7 Å². The number of hydrogen-bond donors (Lipinski definition) is 3. The smallest absolute Gasteiger partial charge is 0.337 e. The third-order valence-electron chi connectivity index (χ3n) is 3.31. The van der Waals surface area contributed by atoms with Crippen molar-refractivity contribution < 1.29 is 23.1 Å². The topological polar surface area (TPSA) is 105 Å². The molecule has 3 N–H and O–H groups in total. The maximum Gasteiger partial charge on any atom is 0.337 e. The molecule has 134 valence electrons. The lowest BCUT2D eigenvalue weighted by molar-refractivity contribution is 0.0697. The first-order chi connectivity index (χ1) is 11.8. The Morgan fingerprint density at radius 3 is 2.52 bits per heavy atom. The molecule has 0 spiro atoms. The lowest BCUT2D eigenvalue weighted by atomic mass is 10.1. The van der Waals surface area contributed by atoms with Crippen LogP contribution in [0.2, 0.25) is 5.02 Å². The molecule has 0 aliphatic rings. The van der Waals surface area contributed by atoms with Gasteiger partial charge in [0.15, 0.2) is 0 Å². The van der Waals surface area contributed by atoms with E-state index in [2.05, 4.69) is 14.8 Å². The van der Waals surface area contributed by atoms with E-state index in [1.807, 2.05) is 30.3 Å². The molecule has 0 saturated carbocycles. The lowest BCUT2D eigenvalue weighted by Gasteiger charge is -2.14. The molecule has 0 saturated heterocycles. The number of carboxylic acids is 1. The van der Waals surface area contributed by atoms with E-state index >= 15 is 0 Å². The highest BCUT2D eigenvalue weighted by molar-refractivity contribution is 7.89. The Bertz CT molecular complexity index is 856. The average Bonchev–Trinajstić information content (AvgIpc) is 2.58. The molecule has 2 aromatic rings. The van der Waals surface area contributed by atoms with Crippen LogP contribution in [0, 0.1) is 0 Å². The normalized spacial score (nSPS) is 11.3. The van der Waals surface area contributed by atoms with E-state index in [4.69, 9.17) is 11.6 Å². The van der Waals surface area contributed by atoms with E-state index in [-0.39, 0.29) is 27.9 Å². The zero-order chi connectivity index (χ0) is 18.4. The van der Waals surface area contributed by atoms with Crippen LogP contribution in [0.25, 0.3) is 0 Å². The van der Waals surface area contributed by atoms with Crippen LogP contribution in [0.4, 0.5) is 5.69 Å². The minimum Gasteiger partial charge on any atom is -0.478 e. The molecule has 0 fully saturated rings. The van der Waals surface area contributed by atoms with Crippen molar-refractivity contribution in [3.63, 3.8) is 0 Å². The van der Waals surface area contributed by atoms with Gasteiger partial charge in [-0.2, -0.15) is 4.72 Å². The van der Waals surface area contributed by atoms with Crippen LogP contribution < -0.4 is 10.0 Å². The first kappa shape index (κ1) is 19.2. The second-order valence-electron chi connectivity index (χ2n) is 5.05. The van der Waals surface area contributed by atoms with Gasteiger partial charge in [0.1, 0.15) is 11.6 Å². The molecule has 0 amide bonds. The van der Waals surface area contributed by atoms with Crippen LogP contribution in [0.15, 0.2) is 47.4 Å². The van der Waals surface area contributed by atoms with Crippen LogP contribution in [-0.2, 0) is 21.3 Å². The third kappa shape index (κ3) is 4.93. The maximum atomic E-state index is 12.2.